The molecular weight excluding hydrogens is 366 g/mol. The van der Waals surface area contributed by atoms with Crippen LogP contribution in [0.4, 0.5) is 5.69 Å². The molecule has 0 radical (unpaired) electrons. The van der Waals surface area contributed by atoms with Crippen LogP contribution in [0.2, 0.25) is 0 Å². The Bertz CT molecular complexity index is 564. The SMILES string of the molecule is CN(Cc1ccc(Br)cc1N1CCOCC1)C1CC2CCC(C1)N2. The number of halogens is 1. The van der Waals surface area contributed by atoms with Gasteiger partial charge in [0.25, 0.3) is 0 Å². The summed E-state index contributed by atoms with van der Waals surface area (Å²) in [6.07, 6.45) is 5.34. The van der Waals surface area contributed by atoms with E-state index in [-0.39, 0.29) is 0 Å². The molecule has 24 heavy (non-hydrogen) atoms. The second-order valence-corrected chi connectivity index (χ2v) is 8.47. The second kappa shape index (κ2) is 7.32. The van der Waals surface area contributed by atoms with Gasteiger partial charge in [-0.25, -0.2) is 0 Å². The molecule has 2 bridgehead atoms. The molecule has 0 aliphatic carbocycles. The average molecular weight is 394 g/mol. The number of hydrogen-bond donors (Lipinski definition) is 1. The molecular formula is C19H28BrN3O. The minimum atomic E-state index is 0.713. The lowest BCUT2D eigenvalue weighted by molar-refractivity contribution is 0.122. The van der Waals surface area contributed by atoms with E-state index in [0.717, 1.165) is 49.4 Å². The minimum Gasteiger partial charge on any atom is -0.378 e. The number of anilines is 1. The van der Waals surface area contributed by atoms with E-state index in [1.165, 1.54) is 36.9 Å². The van der Waals surface area contributed by atoms with Crippen LogP contribution in [-0.4, -0.2) is 56.4 Å². The monoisotopic (exact) mass is 393 g/mol. The fraction of sp³-hybridized carbons (Fsp3) is 0.684. The van der Waals surface area contributed by atoms with Gasteiger partial charge in [0, 0.05) is 47.9 Å². The molecule has 1 N–H and O–H groups in total. The Balaban J connectivity index is 1.49. The molecule has 0 spiro atoms. The first kappa shape index (κ1) is 16.8. The van der Waals surface area contributed by atoms with Gasteiger partial charge in [0.05, 0.1) is 13.2 Å². The Hall–Kier alpha value is -0.620. The molecule has 0 amide bonds. The van der Waals surface area contributed by atoms with E-state index in [4.69, 9.17) is 4.74 Å². The standard InChI is InChI=1S/C19H28BrN3O/c1-22(18-11-16-4-5-17(12-18)21-16)13-14-2-3-15(20)10-19(14)23-6-8-24-9-7-23/h2-3,10,16-18,21H,4-9,11-13H2,1H3. The molecule has 4 rings (SSSR count). The summed E-state index contributed by atoms with van der Waals surface area (Å²) in [5.74, 6) is 0. The summed E-state index contributed by atoms with van der Waals surface area (Å²) in [4.78, 5) is 5.06. The predicted octanol–water partition coefficient (Wildman–Crippen LogP) is 3.00. The smallest absolute Gasteiger partial charge is 0.0642 e. The Morgan fingerprint density at radius 1 is 1.21 bits per heavy atom. The summed E-state index contributed by atoms with van der Waals surface area (Å²) in [7, 11) is 2.31. The quantitative estimate of drug-likeness (QED) is 0.850. The molecule has 0 saturated carbocycles. The molecule has 3 saturated heterocycles. The van der Waals surface area contributed by atoms with Gasteiger partial charge in [-0.3, -0.25) is 4.90 Å². The molecule has 132 valence electrons. The van der Waals surface area contributed by atoms with Crippen LogP contribution in [0.3, 0.4) is 0 Å². The first-order valence-corrected chi connectivity index (χ1v) is 10.1. The first-order valence-electron chi connectivity index (χ1n) is 9.26. The summed E-state index contributed by atoms with van der Waals surface area (Å²) < 4.78 is 6.69. The highest BCUT2D eigenvalue weighted by Crippen LogP contribution is 2.32. The van der Waals surface area contributed by atoms with Crippen molar-refractivity contribution >= 4 is 21.6 Å². The molecule has 3 aliphatic rings. The number of nitrogens with zero attached hydrogens (tertiary/aromatic N) is 2. The zero-order chi connectivity index (χ0) is 16.5. The van der Waals surface area contributed by atoms with Gasteiger partial charge in [-0.05, 0) is 50.4 Å². The van der Waals surface area contributed by atoms with Gasteiger partial charge in [0.2, 0.25) is 0 Å². The normalized spacial score (nSPS) is 30.1. The maximum Gasteiger partial charge on any atom is 0.0642 e. The van der Waals surface area contributed by atoms with Crippen molar-refractivity contribution in [1.29, 1.82) is 0 Å². The van der Waals surface area contributed by atoms with Crippen LogP contribution >= 0.6 is 15.9 Å². The van der Waals surface area contributed by atoms with Crippen LogP contribution in [0, 0.1) is 0 Å². The average Bonchev–Trinajstić information content (AvgIpc) is 2.95. The highest BCUT2D eigenvalue weighted by molar-refractivity contribution is 9.10. The molecule has 2 unspecified atom stereocenters. The number of hydrogen-bond acceptors (Lipinski definition) is 4. The predicted molar refractivity (Wildman–Crippen MR) is 102 cm³/mol. The van der Waals surface area contributed by atoms with E-state index in [9.17, 15) is 0 Å². The number of morpholine rings is 1. The summed E-state index contributed by atoms with van der Waals surface area (Å²) in [5, 5.41) is 3.75. The van der Waals surface area contributed by atoms with Gasteiger partial charge in [0.15, 0.2) is 0 Å². The topological polar surface area (TPSA) is 27.7 Å². The second-order valence-electron chi connectivity index (χ2n) is 7.55. The van der Waals surface area contributed by atoms with Crippen molar-refractivity contribution in [3.8, 4) is 0 Å². The van der Waals surface area contributed by atoms with Gasteiger partial charge < -0.3 is 15.0 Å². The van der Waals surface area contributed by atoms with Gasteiger partial charge in [-0.2, -0.15) is 0 Å². The molecule has 1 aromatic rings. The fourth-order valence-electron chi connectivity index (χ4n) is 4.55. The van der Waals surface area contributed by atoms with Crippen molar-refractivity contribution in [2.45, 2.75) is 50.4 Å². The third-order valence-electron chi connectivity index (χ3n) is 5.89. The molecule has 4 nitrogen and oxygen atoms in total. The lowest BCUT2D eigenvalue weighted by Crippen LogP contribution is -2.46. The number of rotatable bonds is 4. The van der Waals surface area contributed by atoms with Gasteiger partial charge in [-0.1, -0.05) is 22.0 Å². The molecule has 3 aliphatic heterocycles. The van der Waals surface area contributed by atoms with Crippen molar-refractivity contribution in [3.05, 3.63) is 28.2 Å². The zero-order valence-corrected chi connectivity index (χ0v) is 16.1. The van der Waals surface area contributed by atoms with E-state index in [2.05, 4.69) is 56.3 Å². The molecule has 2 atom stereocenters. The highest BCUT2D eigenvalue weighted by atomic mass is 79.9. The maximum absolute atomic E-state index is 5.53. The van der Waals surface area contributed by atoms with E-state index >= 15 is 0 Å². The van der Waals surface area contributed by atoms with Crippen molar-refractivity contribution in [2.24, 2.45) is 0 Å². The molecule has 3 heterocycles. The molecule has 5 heteroatoms. The van der Waals surface area contributed by atoms with Crippen molar-refractivity contribution in [2.75, 3.05) is 38.3 Å². The minimum absolute atomic E-state index is 0.713. The Labute approximate surface area is 153 Å². The van der Waals surface area contributed by atoms with Crippen molar-refractivity contribution < 1.29 is 4.74 Å². The molecule has 3 fully saturated rings. The number of fused-ring (bicyclic) bond motifs is 2. The highest BCUT2D eigenvalue weighted by Gasteiger charge is 2.35. The third-order valence-corrected chi connectivity index (χ3v) is 6.38. The van der Waals surface area contributed by atoms with Gasteiger partial charge in [0.1, 0.15) is 0 Å². The molecule has 1 aromatic carbocycles. The van der Waals surface area contributed by atoms with E-state index in [1.54, 1.807) is 0 Å². The van der Waals surface area contributed by atoms with Crippen LogP contribution in [0.1, 0.15) is 31.2 Å². The summed E-state index contributed by atoms with van der Waals surface area (Å²) >= 11 is 3.65. The van der Waals surface area contributed by atoms with E-state index in [0.29, 0.717) is 6.04 Å². The van der Waals surface area contributed by atoms with Gasteiger partial charge in [-0.15, -0.1) is 0 Å². The van der Waals surface area contributed by atoms with E-state index < -0.39 is 0 Å². The lowest BCUT2D eigenvalue weighted by atomic mass is 9.98. The number of ether oxygens (including phenoxy) is 1. The fourth-order valence-corrected chi connectivity index (χ4v) is 4.90. The number of nitrogens with one attached hydrogen (secondary N) is 1. The van der Waals surface area contributed by atoms with Crippen molar-refractivity contribution in [3.63, 3.8) is 0 Å². The summed E-state index contributed by atoms with van der Waals surface area (Å²) in [6.45, 7) is 4.68. The van der Waals surface area contributed by atoms with Crippen LogP contribution in [0.15, 0.2) is 22.7 Å². The molecule has 0 aromatic heterocycles. The maximum atomic E-state index is 5.53. The van der Waals surface area contributed by atoms with Crippen LogP contribution in [0.25, 0.3) is 0 Å². The lowest BCUT2D eigenvalue weighted by Gasteiger charge is -2.37. The summed E-state index contributed by atoms with van der Waals surface area (Å²) in [5.41, 5.74) is 2.81. The zero-order valence-electron chi connectivity index (χ0n) is 14.5. The largest absolute Gasteiger partial charge is 0.378 e. The number of piperidine rings is 1. The van der Waals surface area contributed by atoms with Crippen molar-refractivity contribution in [1.82, 2.24) is 10.2 Å². The number of benzene rings is 1. The van der Waals surface area contributed by atoms with Crippen LogP contribution < -0.4 is 10.2 Å². The third kappa shape index (κ3) is 3.64. The summed E-state index contributed by atoms with van der Waals surface area (Å²) in [6, 6.07) is 8.96. The Kier molecular flexibility index (Phi) is 5.13. The van der Waals surface area contributed by atoms with Gasteiger partial charge >= 0.3 is 0 Å². The van der Waals surface area contributed by atoms with Crippen LogP contribution in [-0.2, 0) is 11.3 Å². The Morgan fingerprint density at radius 2 is 1.92 bits per heavy atom. The van der Waals surface area contributed by atoms with E-state index in [1.807, 2.05) is 0 Å². The van der Waals surface area contributed by atoms with Crippen LogP contribution in [0.5, 0.6) is 0 Å². The first-order chi connectivity index (χ1) is 11.7. The Morgan fingerprint density at radius 3 is 2.62 bits per heavy atom.